The smallest absolute Gasteiger partial charge is 0.248 e. The molecule has 2 heterocycles. The van der Waals surface area contributed by atoms with Crippen LogP contribution in [0.15, 0.2) is 48.5 Å². The lowest BCUT2D eigenvalue weighted by molar-refractivity contribution is -0.116. The Labute approximate surface area is 131 Å². The molecule has 2 aromatic carbocycles. The van der Waals surface area contributed by atoms with E-state index in [1.165, 1.54) is 0 Å². The van der Waals surface area contributed by atoms with Crippen LogP contribution < -0.4 is 5.32 Å². The third-order valence-electron chi connectivity index (χ3n) is 3.75. The van der Waals surface area contributed by atoms with E-state index in [1.807, 2.05) is 60.1 Å². The monoisotopic (exact) mass is 306 g/mol. The van der Waals surface area contributed by atoms with E-state index in [9.17, 15) is 4.79 Å². The summed E-state index contributed by atoms with van der Waals surface area (Å²) in [6.07, 6.45) is 0. The molecule has 2 aromatic heterocycles. The Morgan fingerprint density at radius 2 is 1.74 bits per heavy atom. The number of nitrogens with zero attached hydrogens (tertiary/aromatic N) is 5. The quantitative estimate of drug-likeness (QED) is 0.627. The lowest BCUT2D eigenvalue weighted by atomic mass is 10.3. The van der Waals surface area contributed by atoms with Gasteiger partial charge in [-0.3, -0.25) is 10.1 Å². The van der Waals surface area contributed by atoms with Gasteiger partial charge in [-0.25, -0.2) is 9.67 Å². The van der Waals surface area contributed by atoms with E-state index in [2.05, 4.69) is 20.6 Å². The normalized spacial score (nSPS) is 11.2. The van der Waals surface area contributed by atoms with E-state index < -0.39 is 0 Å². The molecule has 0 saturated heterocycles. The van der Waals surface area contributed by atoms with E-state index in [4.69, 9.17) is 0 Å². The van der Waals surface area contributed by atoms with Crippen LogP contribution in [0.25, 0.3) is 22.1 Å². The number of amides is 1. The first-order chi connectivity index (χ1) is 11.2. The maximum absolute atomic E-state index is 12.3. The second kappa shape index (κ2) is 5.20. The SMILES string of the molecule is Cn1c(NC(=O)Cn2nnc3ccccc32)nc2ccccc21. The number of carbonyl (C=O) groups is 1. The van der Waals surface area contributed by atoms with Crippen molar-refractivity contribution < 1.29 is 4.79 Å². The van der Waals surface area contributed by atoms with E-state index in [1.54, 1.807) is 4.68 Å². The molecule has 0 aliphatic rings. The molecular formula is C16H14N6O. The average Bonchev–Trinajstić information content (AvgIpc) is 3.10. The summed E-state index contributed by atoms with van der Waals surface area (Å²) in [6.45, 7) is 0.0870. The molecule has 7 heteroatoms. The summed E-state index contributed by atoms with van der Waals surface area (Å²) in [4.78, 5) is 16.7. The van der Waals surface area contributed by atoms with Crippen molar-refractivity contribution in [3.63, 3.8) is 0 Å². The summed E-state index contributed by atoms with van der Waals surface area (Å²) < 4.78 is 3.43. The summed E-state index contributed by atoms with van der Waals surface area (Å²) in [5, 5.41) is 10.9. The molecule has 4 rings (SSSR count). The Bertz CT molecular complexity index is 1020. The second-order valence-electron chi connectivity index (χ2n) is 5.27. The molecule has 0 saturated carbocycles. The Hall–Kier alpha value is -3.22. The van der Waals surface area contributed by atoms with Crippen molar-refractivity contribution in [2.75, 3.05) is 5.32 Å². The van der Waals surface area contributed by atoms with Gasteiger partial charge in [0.1, 0.15) is 12.1 Å². The van der Waals surface area contributed by atoms with Crippen LogP contribution in [-0.2, 0) is 18.4 Å². The highest BCUT2D eigenvalue weighted by Gasteiger charge is 2.12. The number of fused-ring (bicyclic) bond motifs is 2. The fourth-order valence-electron chi connectivity index (χ4n) is 2.59. The van der Waals surface area contributed by atoms with Gasteiger partial charge >= 0.3 is 0 Å². The van der Waals surface area contributed by atoms with Crippen LogP contribution in [0, 0.1) is 0 Å². The summed E-state index contributed by atoms with van der Waals surface area (Å²) in [5.41, 5.74) is 3.40. The number of nitrogens with one attached hydrogen (secondary N) is 1. The predicted molar refractivity (Wildman–Crippen MR) is 86.9 cm³/mol. The standard InChI is InChI=1S/C16H14N6O/c1-21-13-8-4-2-6-11(13)17-16(21)18-15(23)10-22-14-9-5-3-7-12(14)19-20-22/h2-9H,10H2,1H3,(H,17,18,23). The van der Waals surface area contributed by atoms with Crippen molar-refractivity contribution in [1.29, 1.82) is 0 Å². The number of aromatic nitrogens is 5. The van der Waals surface area contributed by atoms with Crippen LogP contribution in [0.2, 0.25) is 0 Å². The van der Waals surface area contributed by atoms with Gasteiger partial charge in [0.15, 0.2) is 0 Å². The van der Waals surface area contributed by atoms with E-state index in [0.717, 1.165) is 22.1 Å². The van der Waals surface area contributed by atoms with Crippen molar-refractivity contribution in [2.24, 2.45) is 7.05 Å². The zero-order chi connectivity index (χ0) is 15.8. The van der Waals surface area contributed by atoms with Crippen molar-refractivity contribution in [3.8, 4) is 0 Å². The molecule has 0 spiro atoms. The molecule has 1 amide bonds. The van der Waals surface area contributed by atoms with Gasteiger partial charge in [0.25, 0.3) is 0 Å². The van der Waals surface area contributed by atoms with Gasteiger partial charge in [-0.15, -0.1) is 5.10 Å². The summed E-state index contributed by atoms with van der Waals surface area (Å²) in [6, 6.07) is 15.3. The number of hydrogen-bond acceptors (Lipinski definition) is 4. The lowest BCUT2D eigenvalue weighted by Crippen LogP contribution is -2.21. The molecular weight excluding hydrogens is 292 g/mol. The predicted octanol–water partition coefficient (Wildman–Crippen LogP) is 1.96. The van der Waals surface area contributed by atoms with Crippen molar-refractivity contribution in [1.82, 2.24) is 24.5 Å². The number of benzene rings is 2. The van der Waals surface area contributed by atoms with Gasteiger partial charge < -0.3 is 4.57 Å². The number of carbonyl (C=O) groups excluding carboxylic acids is 1. The first-order valence-corrected chi connectivity index (χ1v) is 7.22. The van der Waals surface area contributed by atoms with Gasteiger partial charge in [0.05, 0.1) is 16.6 Å². The topological polar surface area (TPSA) is 77.6 Å². The minimum Gasteiger partial charge on any atom is -0.313 e. The molecule has 114 valence electrons. The summed E-state index contributed by atoms with van der Waals surface area (Å²) in [7, 11) is 1.87. The minimum absolute atomic E-state index is 0.0870. The highest BCUT2D eigenvalue weighted by molar-refractivity contribution is 5.92. The second-order valence-corrected chi connectivity index (χ2v) is 5.27. The number of hydrogen-bond donors (Lipinski definition) is 1. The van der Waals surface area contributed by atoms with E-state index in [-0.39, 0.29) is 12.5 Å². The molecule has 23 heavy (non-hydrogen) atoms. The van der Waals surface area contributed by atoms with Gasteiger partial charge in [-0.2, -0.15) is 0 Å². The third-order valence-corrected chi connectivity index (χ3v) is 3.75. The Balaban J connectivity index is 1.58. The third kappa shape index (κ3) is 2.32. The number of para-hydroxylation sites is 3. The highest BCUT2D eigenvalue weighted by atomic mass is 16.2. The van der Waals surface area contributed by atoms with Crippen molar-refractivity contribution in [3.05, 3.63) is 48.5 Å². The first-order valence-electron chi connectivity index (χ1n) is 7.22. The van der Waals surface area contributed by atoms with Crippen LogP contribution in [0.5, 0.6) is 0 Å². The summed E-state index contributed by atoms with van der Waals surface area (Å²) >= 11 is 0. The van der Waals surface area contributed by atoms with E-state index >= 15 is 0 Å². The molecule has 0 fully saturated rings. The minimum atomic E-state index is -0.195. The Kier molecular flexibility index (Phi) is 3.04. The van der Waals surface area contributed by atoms with Crippen LogP contribution in [0.1, 0.15) is 0 Å². The Morgan fingerprint density at radius 3 is 2.52 bits per heavy atom. The van der Waals surface area contributed by atoms with Gasteiger partial charge in [-0.05, 0) is 24.3 Å². The fourth-order valence-corrected chi connectivity index (χ4v) is 2.59. The first kappa shape index (κ1) is 13.4. The van der Waals surface area contributed by atoms with Crippen molar-refractivity contribution >= 4 is 33.9 Å². The molecule has 0 unspecified atom stereocenters. The zero-order valence-electron chi connectivity index (χ0n) is 12.5. The van der Waals surface area contributed by atoms with Crippen molar-refractivity contribution in [2.45, 2.75) is 6.54 Å². The average molecular weight is 306 g/mol. The summed E-state index contributed by atoms with van der Waals surface area (Å²) in [5.74, 6) is 0.319. The molecule has 0 aliphatic carbocycles. The molecule has 0 radical (unpaired) electrons. The van der Waals surface area contributed by atoms with Crippen LogP contribution in [0.3, 0.4) is 0 Å². The van der Waals surface area contributed by atoms with E-state index in [0.29, 0.717) is 5.95 Å². The molecule has 0 aliphatic heterocycles. The molecule has 0 bridgehead atoms. The lowest BCUT2D eigenvalue weighted by Gasteiger charge is -2.05. The number of aryl methyl sites for hydroxylation is 1. The highest BCUT2D eigenvalue weighted by Crippen LogP contribution is 2.17. The molecule has 1 N–H and O–H groups in total. The van der Waals surface area contributed by atoms with Gasteiger partial charge in [0, 0.05) is 7.05 Å². The number of imidazole rings is 1. The van der Waals surface area contributed by atoms with Crippen LogP contribution in [-0.4, -0.2) is 30.5 Å². The number of anilines is 1. The fraction of sp³-hybridized carbons (Fsp3) is 0.125. The largest absolute Gasteiger partial charge is 0.313 e. The molecule has 4 aromatic rings. The van der Waals surface area contributed by atoms with Gasteiger partial charge in [0.2, 0.25) is 11.9 Å². The number of rotatable bonds is 3. The zero-order valence-corrected chi connectivity index (χ0v) is 12.5. The maximum Gasteiger partial charge on any atom is 0.248 e. The molecule has 7 nitrogen and oxygen atoms in total. The molecule has 0 atom stereocenters. The maximum atomic E-state index is 12.3. The Morgan fingerprint density at radius 1 is 1.04 bits per heavy atom. The van der Waals surface area contributed by atoms with Crippen LogP contribution in [0.4, 0.5) is 5.95 Å². The van der Waals surface area contributed by atoms with Crippen LogP contribution >= 0.6 is 0 Å². The van der Waals surface area contributed by atoms with Gasteiger partial charge in [-0.1, -0.05) is 29.5 Å².